The van der Waals surface area contributed by atoms with Crippen molar-refractivity contribution < 1.29 is 9.74 Å². The van der Waals surface area contributed by atoms with Crippen molar-refractivity contribution >= 4 is 28.3 Å². The number of hydrogen-bond acceptors (Lipinski definition) is 2. The Morgan fingerprint density at radius 3 is 2.75 bits per heavy atom. The van der Waals surface area contributed by atoms with E-state index in [0.717, 1.165) is 16.6 Å². The van der Waals surface area contributed by atoms with Gasteiger partial charge < -0.3 is 4.84 Å². The normalized spacial score (nSPS) is 28.5. The van der Waals surface area contributed by atoms with Crippen LogP contribution in [0.15, 0.2) is 0 Å². The van der Waals surface area contributed by atoms with Gasteiger partial charge in [-0.25, -0.2) is 0 Å². The molecular weight excluding hydrogens is 269 g/mol. The van der Waals surface area contributed by atoms with Gasteiger partial charge in [0, 0.05) is 10.8 Å². The zero-order valence-electron chi connectivity index (χ0n) is 7.63. The van der Waals surface area contributed by atoms with Crippen molar-refractivity contribution in [2.24, 2.45) is 5.92 Å². The highest BCUT2D eigenvalue weighted by Gasteiger charge is 2.34. The summed E-state index contributed by atoms with van der Waals surface area (Å²) in [6, 6.07) is 0. The molecule has 70 valence electrons. The number of nitrogens with zero attached hydrogens (tertiary/aromatic N) is 1. The average molecular weight is 283 g/mol. The summed E-state index contributed by atoms with van der Waals surface area (Å²) in [5.41, 5.74) is 0.533. The van der Waals surface area contributed by atoms with E-state index in [1.807, 2.05) is 13.8 Å². The minimum atomic E-state index is -0.309. The summed E-state index contributed by atoms with van der Waals surface area (Å²) in [7, 11) is 0. The van der Waals surface area contributed by atoms with Crippen LogP contribution in [0.2, 0.25) is 0 Å². The van der Waals surface area contributed by atoms with Crippen molar-refractivity contribution in [1.82, 2.24) is 0 Å². The van der Waals surface area contributed by atoms with Gasteiger partial charge in [0.15, 0.2) is 0 Å². The summed E-state index contributed by atoms with van der Waals surface area (Å²) in [6.07, 6.45) is 0.921. The standard InChI is InChI=1S/C8H14INO2/c1-6-4-8(2,3)12-10(11)7(6)5-9/h6H,4-5H2,1-3H3/t6-/m0/s1. The van der Waals surface area contributed by atoms with Crippen LogP contribution in [0.4, 0.5) is 0 Å². The molecule has 0 spiro atoms. The monoisotopic (exact) mass is 283 g/mol. The van der Waals surface area contributed by atoms with Gasteiger partial charge >= 0.3 is 0 Å². The number of alkyl halides is 1. The van der Waals surface area contributed by atoms with Crippen LogP contribution in [0.1, 0.15) is 27.2 Å². The Balaban J connectivity index is 2.87. The molecule has 0 amide bonds. The smallest absolute Gasteiger partial charge is 0.234 e. The Bertz CT molecular complexity index is 213. The number of halogens is 1. The lowest BCUT2D eigenvalue weighted by Gasteiger charge is -2.34. The molecule has 0 unspecified atom stereocenters. The third-order valence-electron chi connectivity index (χ3n) is 2.07. The fourth-order valence-corrected chi connectivity index (χ4v) is 2.57. The molecule has 12 heavy (non-hydrogen) atoms. The summed E-state index contributed by atoms with van der Waals surface area (Å²) in [4.78, 5) is 5.88. The summed E-state index contributed by atoms with van der Waals surface area (Å²) >= 11 is 2.19. The maximum Gasteiger partial charge on any atom is 0.234 e. The van der Waals surface area contributed by atoms with Crippen molar-refractivity contribution in [3.8, 4) is 0 Å². The summed E-state index contributed by atoms with van der Waals surface area (Å²) in [5.74, 6) is 0.336. The Labute approximate surface area is 86.5 Å². The molecule has 0 saturated heterocycles. The first-order valence-electron chi connectivity index (χ1n) is 4.04. The van der Waals surface area contributed by atoms with Gasteiger partial charge in [-0.2, -0.15) is 0 Å². The predicted octanol–water partition coefficient (Wildman–Crippen LogP) is 2.12. The van der Waals surface area contributed by atoms with Gasteiger partial charge in [-0.15, -0.1) is 0 Å². The van der Waals surface area contributed by atoms with E-state index < -0.39 is 0 Å². The Morgan fingerprint density at radius 1 is 1.75 bits per heavy atom. The Kier molecular flexibility index (Phi) is 2.85. The van der Waals surface area contributed by atoms with Crippen LogP contribution in [0.5, 0.6) is 0 Å². The molecule has 1 aliphatic rings. The fourth-order valence-electron chi connectivity index (χ4n) is 1.54. The third kappa shape index (κ3) is 2.02. The molecule has 0 aromatic carbocycles. The van der Waals surface area contributed by atoms with E-state index in [4.69, 9.17) is 4.84 Å². The van der Waals surface area contributed by atoms with E-state index in [9.17, 15) is 5.21 Å². The lowest BCUT2D eigenvalue weighted by atomic mass is 9.91. The molecule has 1 aliphatic heterocycles. The number of rotatable bonds is 1. The Hall–Kier alpha value is -0.000000000000000111. The largest absolute Gasteiger partial charge is 0.397 e. The van der Waals surface area contributed by atoms with Gasteiger partial charge in [0.25, 0.3) is 0 Å². The van der Waals surface area contributed by atoms with E-state index in [-0.39, 0.29) is 5.60 Å². The number of hydrogen-bond donors (Lipinski definition) is 0. The molecule has 3 nitrogen and oxygen atoms in total. The van der Waals surface area contributed by atoms with E-state index >= 15 is 0 Å². The molecule has 0 N–H and O–H groups in total. The Morgan fingerprint density at radius 2 is 2.33 bits per heavy atom. The van der Waals surface area contributed by atoms with E-state index in [2.05, 4.69) is 29.5 Å². The van der Waals surface area contributed by atoms with Crippen molar-refractivity contribution in [3.05, 3.63) is 5.21 Å². The predicted molar refractivity (Wildman–Crippen MR) is 56.5 cm³/mol. The minimum absolute atomic E-state index is 0.309. The van der Waals surface area contributed by atoms with Gasteiger partial charge in [0.1, 0.15) is 0 Å². The summed E-state index contributed by atoms with van der Waals surface area (Å²) in [6.45, 7) is 5.96. The highest BCUT2D eigenvalue weighted by Crippen LogP contribution is 2.26. The van der Waals surface area contributed by atoms with Crippen LogP contribution in [-0.2, 0) is 4.84 Å². The molecular formula is C8H14INO2. The van der Waals surface area contributed by atoms with Gasteiger partial charge in [0.2, 0.25) is 5.71 Å². The maximum absolute atomic E-state index is 11.3. The molecule has 0 aromatic rings. The molecule has 1 atom stereocenters. The van der Waals surface area contributed by atoms with Crippen molar-refractivity contribution in [3.63, 3.8) is 0 Å². The zero-order valence-corrected chi connectivity index (χ0v) is 9.79. The second-order valence-corrected chi connectivity index (χ2v) is 4.60. The molecule has 0 radical (unpaired) electrons. The summed E-state index contributed by atoms with van der Waals surface area (Å²) in [5, 5.41) is 11.3. The van der Waals surface area contributed by atoms with Gasteiger partial charge in [-0.1, -0.05) is 29.5 Å². The topological polar surface area (TPSA) is 35.3 Å². The van der Waals surface area contributed by atoms with Gasteiger partial charge in [0.05, 0.1) is 10.0 Å². The third-order valence-corrected chi connectivity index (χ3v) is 2.85. The second-order valence-electron chi connectivity index (χ2n) is 3.84. The van der Waals surface area contributed by atoms with Crippen LogP contribution in [0.25, 0.3) is 0 Å². The van der Waals surface area contributed by atoms with Crippen LogP contribution >= 0.6 is 22.6 Å². The second kappa shape index (κ2) is 3.40. The van der Waals surface area contributed by atoms with E-state index in [0.29, 0.717) is 10.8 Å². The molecule has 0 fully saturated rings. The molecule has 4 heteroatoms. The maximum atomic E-state index is 11.3. The molecule has 1 heterocycles. The molecule has 0 saturated carbocycles. The van der Waals surface area contributed by atoms with Gasteiger partial charge in [-0.05, 0) is 20.3 Å². The molecule has 0 aromatic heterocycles. The van der Waals surface area contributed by atoms with Crippen molar-refractivity contribution in [1.29, 1.82) is 0 Å². The molecule has 0 bridgehead atoms. The quantitative estimate of drug-likeness (QED) is 0.420. The highest BCUT2D eigenvalue weighted by atomic mass is 127. The minimum Gasteiger partial charge on any atom is -0.397 e. The van der Waals surface area contributed by atoms with E-state index in [1.165, 1.54) is 0 Å². The first kappa shape index (κ1) is 10.1. The molecule has 0 aliphatic carbocycles. The van der Waals surface area contributed by atoms with Gasteiger partial charge in [-0.3, -0.25) is 5.21 Å². The average Bonchev–Trinajstić information content (AvgIpc) is 1.82. The molecule has 1 rings (SSSR count). The lowest BCUT2D eigenvalue weighted by molar-refractivity contribution is -0.771. The lowest BCUT2D eigenvalue weighted by Crippen LogP contribution is -2.42. The van der Waals surface area contributed by atoms with E-state index in [1.54, 1.807) is 0 Å². The van der Waals surface area contributed by atoms with Crippen molar-refractivity contribution in [2.45, 2.75) is 32.8 Å². The van der Waals surface area contributed by atoms with Crippen LogP contribution in [-0.4, -0.2) is 20.6 Å². The summed E-state index contributed by atoms with van der Waals surface area (Å²) < 4.78 is 0.749. The zero-order chi connectivity index (χ0) is 9.35. The van der Waals surface area contributed by atoms with Crippen LogP contribution in [0, 0.1) is 11.1 Å². The first-order valence-corrected chi connectivity index (χ1v) is 5.57. The van der Waals surface area contributed by atoms with Crippen LogP contribution in [0.3, 0.4) is 0 Å². The first-order chi connectivity index (χ1) is 5.46. The van der Waals surface area contributed by atoms with Crippen molar-refractivity contribution in [2.75, 3.05) is 4.43 Å². The highest BCUT2D eigenvalue weighted by molar-refractivity contribution is 14.1. The fraction of sp³-hybridized carbons (Fsp3) is 0.875. The van der Waals surface area contributed by atoms with Crippen LogP contribution < -0.4 is 0 Å². The SMILES string of the molecule is C[C@H]1CC(C)(C)O[N+]([O-])=C1CI.